The number of ether oxygens (including phenoxy) is 2. The van der Waals surface area contributed by atoms with Crippen molar-refractivity contribution in [3.8, 4) is 11.5 Å². The fourth-order valence-electron chi connectivity index (χ4n) is 3.39. The normalized spacial score (nSPS) is 15.1. The van der Waals surface area contributed by atoms with Gasteiger partial charge in [0.15, 0.2) is 0 Å². The van der Waals surface area contributed by atoms with Crippen LogP contribution >= 0.6 is 7.14 Å². The van der Waals surface area contributed by atoms with E-state index in [0.717, 1.165) is 46.8 Å². The van der Waals surface area contributed by atoms with Gasteiger partial charge < -0.3 is 14.0 Å². The highest BCUT2D eigenvalue weighted by molar-refractivity contribution is 7.70. The largest absolute Gasteiger partial charge is 0.457 e. The molecule has 0 unspecified atom stereocenters. The monoisotopic (exact) mass is 407 g/mol. The van der Waals surface area contributed by atoms with Gasteiger partial charge in [0.05, 0.1) is 0 Å². The van der Waals surface area contributed by atoms with Crippen LogP contribution in [0.2, 0.25) is 0 Å². The van der Waals surface area contributed by atoms with Crippen molar-refractivity contribution in [2.45, 2.75) is 19.3 Å². The number of methoxy groups -OCH3 is 1. The molecule has 0 aliphatic heterocycles. The van der Waals surface area contributed by atoms with Crippen LogP contribution in [0.4, 0.5) is 8.78 Å². The van der Waals surface area contributed by atoms with Gasteiger partial charge >= 0.3 is 0 Å². The zero-order valence-electron chi connectivity index (χ0n) is 16.3. The lowest BCUT2D eigenvalue weighted by Crippen LogP contribution is -2.15. The highest BCUT2D eigenvalue weighted by Gasteiger charge is 2.29. The Kier molecular flexibility index (Phi) is 6.31. The minimum Gasteiger partial charge on any atom is -0.457 e. The van der Waals surface area contributed by atoms with Crippen molar-refractivity contribution in [1.29, 1.82) is 0 Å². The summed E-state index contributed by atoms with van der Waals surface area (Å²) in [4.78, 5) is 4.69. The molecule has 4 nitrogen and oxygen atoms in total. The molecule has 0 heterocycles. The van der Waals surface area contributed by atoms with Crippen LogP contribution in [0.1, 0.15) is 24.0 Å². The maximum absolute atomic E-state index is 13.5. The predicted molar refractivity (Wildman–Crippen MR) is 108 cm³/mol. The molecular formula is C21H24F2NO3P. The number of aliphatic imine (C=N–C) groups is 1. The van der Waals surface area contributed by atoms with Crippen molar-refractivity contribution in [2.75, 3.05) is 33.6 Å². The molecule has 0 aromatic heterocycles. The number of nitrogens with zero attached hydrogens (tertiary/aromatic N) is 1. The van der Waals surface area contributed by atoms with Crippen LogP contribution in [0.3, 0.4) is 0 Å². The Balaban J connectivity index is 2.01. The SMILES string of the molecule is COCCCN=C1CCc2c(Oc3cc(F)cc(F)c3)ccc(P(C)(C)=O)c21. The molecule has 0 spiro atoms. The van der Waals surface area contributed by atoms with Crippen molar-refractivity contribution in [1.82, 2.24) is 0 Å². The fourth-order valence-corrected chi connectivity index (χ4v) is 4.63. The molecule has 1 aliphatic rings. The van der Waals surface area contributed by atoms with E-state index in [1.54, 1.807) is 32.6 Å². The molecule has 1 aliphatic carbocycles. The van der Waals surface area contributed by atoms with Gasteiger partial charge in [0.25, 0.3) is 0 Å². The molecule has 28 heavy (non-hydrogen) atoms. The number of rotatable bonds is 7. The molecule has 0 N–H and O–H groups in total. The average molecular weight is 407 g/mol. The summed E-state index contributed by atoms with van der Waals surface area (Å²) in [5, 5.41) is 0.767. The number of hydrogen-bond acceptors (Lipinski definition) is 4. The molecule has 150 valence electrons. The Bertz CT molecular complexity index is 933. The quantitative estimate of drug-likeness (QED) is 0.490. The van der Waals surface area contributed by atoms with Crippen LogP contribution in [0.15, 0.2) is 35.3 Å². The van der Waals surface area contributed by atoms with Crippen LogP contribution in [-0.2, 0) is 15.7 Å². The Hall–Kier alpha value is -2.04. The number of halogens is 2. The summed E-state index contributed by atoms with van der Waals surface area (Å²) >= 11 is 0. The van der Waals surface area contributed by atoms with Crippen LogP contribution in [0, 0.1) is 11.6 Å². The summed E-state index contributed by atoms with van der Waals surface area (Å²) in [6.45, 7) is 4.71. The summed E-state index contributed by atoms with van der Waals surface area (Å²) in [6, 6.07) is 6.59. The Labute approximate surface area is 164 Å². The molecule has 0 saturated heterocycles. The third-order valence-corrected chi connectivity index (χ3v) is 6.13. The second-order valence-electron chi connectivity index (χ2n) is 7.17. The van der Waals surface area contributed by atoms with E-state index in [0.29, 0.717) is 31.7 Å². The van der Waals surface area contributed by atoms with E-state index >= 15 is 0 Å². The first kappa shape index (κ1) is 20.7. The molecule has 7 heteroatoms. The zero-order chi connectivity index (χ0) is 20.3. The molecule has 0 saturated carbocycles. The first-order valence-electron chi connectivity index (χ1n) is 9.17. The van der Waals surface area contributed by atoms with Crippen molar-refractivity contribution in [3.05, 3.63) is 53.1 Å². The second-order valence-corrected chi connectivity index (χ2v) is 10.4. The first-order chi connectivity index (χ1) is 13.3. The molecular weight excluding hydrogens is 383 g/mol. The van der Waals surface area contributed by atoms with Crippen molar-refractivity contribution in [3.63, 3.8) is 0 Å². The van der Waals surface area contributed by atoms with E-state index in [1.807, 2.05) is 0 Å². The second kappa shape index (κ2) is 8.54. The Morgan fingerprint density at radius 3 is 2.46 bits per heavy atom. The van der Waals surface area contributed by atoms with Gasteiger partial charge in [-0.05, 0) is 44.7 Å². The number of benzene rings is 2. The highest BCUT2D eigenvalue weighted by Crippen LogP contribution is 2.42. The fraction of sp³-hybridized carbons (Fsp3) is 0.381. The van der Waals surface area contributed by atoms with Crippen molar-refractivity contribution < 1.29 is 22.8 Å². The van der Waals surface area contributed by atoms with Gasteiger partial charge in [-0.3, -0.25) is 4.99 Å². The van der Waals surface area contributed by atoms with E-state index < -0.39 is 18.8 Å². The summed E-state index contributed by atoms with van der Waals surface area (Å²) in [5.74, 6) is -0.793. The predicted octanol–water partition coefficient (Wildman–Crippen LogP) is 4.78. The maximum atomic E-state index is 13.5. The van der Waals surface area contributed by atoms with Gasteiger partial charge in [0.1, 0.15) is 30.3 Å². The van der Waals surface area contributed by atoms with Crippen LogP contribution in [0.25, 0.3) is 0 Å². The smallest absolute Gasteiger partial charge is 0.133 e. The molecule has 3 rings (SSSR count). The minimum atomic E-state index is -2.54. The first-order valence-corrected chi connectivity index (χ1v) is 11.8. The van der Waals surface area contributed by atoms with Crippen LogP contribution in [0.5, 0.6) is 11.5 Å². The highest BCUT2D eigenvalue weighted by atomic mass is 31.2. The van der Waals surface area contributed by atoms with E-state index in [1.165, 1.54) is 0 Å². The molecule has 2 aromatic rings. The number of hydrogen-bond donors (Lipinski definition) is 0. The van der Waals surface area contributed by atoms with Gasteiger partial charge in [-0.25, -0.2) is 8.78 Å². The third kappa shape index (κ3) is 4.68. The van der Waals surface area contributed by atoms with Crippen molar-refractivity contribution in [2.24, 2.45) is 4.99 Å². The lowest BCUT2D eigenvalue weighted by Gasteiger charge is -2.17. The minimum absolute atomic E-state index is 0.0918. The molecule has 0 amide bonds. The molecule has 2 aromatic carbocycles. The lowest BCUT2D eigenvalue weighted by atomic mass is 10.1. The van der Waals surface area contributed by atoms with Crippen molar-refractivity contribution >= 4 is 18.2 Å². The molecule has 0 radical (unpaired) electrons. The molecule has 0 atom stereocenters. The van der Waals surface area contributed by atoms with E-state index in [-0.39, 0.29) is 5.75 Å². The maximum Gasteiger partial charge on any atom is 0.133 e. The van der Waals surface area contributed by atoms with Gasteiger partial charge in [-0.2, -0.15) is 0 Å². The summed E-state index contributed by atoms with van der Waals surface area (Å²) in [7, 11) is -0.888. The average Bonchev–Trinajstić information content (AvgIpc) is 3.01. The zero-order valence-corrected chi connectivity index (χ0v) is 17.2. The number of fused-ring (bicyclic) bond motifs is 1. The topological polar surface area (TPSA) is 47.9 Å². The van der Waals surface area contributed by atoms with Gasteiger partial charge in [-0.1, -0.05) is 0 Å². The van der Waals surface area contributed by atoms with Crippen LogP contribution < -0.4 is 10.0 Å². The molecule has 0 bridgehead atoms. The van der Waals surface area contributed by atoms with E-state index in [9.17, 15) is 13.3 Å². The lowest BCUT2D eigenvalue weighted by molar-refractivity contribution is 0.197. The van der Waals surface area contributed by atoms with Gasteiger partial charge in [-0.15, -0.1) is 0 Å². The Morgan fingerprint density at radius 1 is 1.11 bits per heavy atom. The van der Waals surface area contributed by atoms with Gasteiger partial charge in [0, 0.05) is 60.6 Å². The standard InChI is InChI=1S/C21H24F2NO3P/c1-26-10-4-9-24-18-6-5-17-19(7-8-20(21(17)18)28(2,3)25)27-16-12-14(22)11-15(23)13-16/h7-8,11-13H,4-6,9-10H2,1-3H3. The summed E-state index contributed by atoms with van der Waals surface area (Å²) < 4.78 is 50.7. The molecule has 0 fully saturated rings. The van der Waals surface area contributed by atoms with Crippen LogP contribution in [-0.4, -0.2) is 39.3 Å². The van der Waals surface area contributed by atoms with E-state index in [2.05, 4.69) is 0 Å². The third-order valence-electron chi connectivity index (χ3n) is 4.60. The Morgan fingerprint density at radius 2 is 1.82 bits per heavy atom. The van der Waals surface area contributed by atoms with Gasteiger partial charge in [0.2, 0.25) is 0 Å². The van der Waals surface area contributed by atoms with E-state index in [4.69, 9.17) is 14.5 Å². The summed E-state index contributed by atoms with van der Waals surface area (Å²) in [5.41, 5.74) is 2.65. The summed E-state index contributed by atoms with van der Waals surface area (Å²) in [6.07, 6.45) is 2.20.